The number of pyridine rings is 1. The molecule has 2 aromatic carbocycles. The number of carbonyl (C=O) groups is 1. The van der Waals surface area contributed by atoms with Crippen LogP contribution in [0.4, 0.5) is 0 Å². The Labute approximate surface area is 196 Å². The molecule has 0 spiro atoms. The Morgan fingerprint density at radius 2 is 1.85 bits per heavy atom. The van der Waals surface area contributed by atoms with E-state index >= 15 is 0 Å². The van der Waals surface area contributed by atoms with Gasteiger partial charge in [-0.15, -0.1) is 0 Å². The van der Waals surface area contributed by atoms with Crippen LogP contribution in [0.5, 0.6) is 5.75 Å². The van der Waals surface area contributed by atoms with Crippen molar-refractivity contribution in [1.29, 1.82) is 0 Å². The van der Waals surface area contributed by atoms with Crippen molar-refractivity contribution in [2.24, 2.45) is 11.8 Å². The summed E-state index contributed by atoms with van der Waals surface area (Å²) in [7, 11) is 0. The van der Waals surface area contributed by atoms with Gasteiger partial charge in [0.05, 0.1) is 18.7 Å². The first-order valence-corrected chi connectivity index (χ1v) is 12.2. The summed E-state index contributed by atoms with van der Waals surface area (Å²) in [6, 6.07) is 19.1. The van der Waals surface area contributed by atoms with Gasteiger partial charge >= 0.3 is 0 Å². The van der Waals surface area contributed by atoms with Crippen molar-refractivity contribution in [1.82, 2.24) is 14.8 Å². The van der Waals surface area contributed by atoms with Gasteiger partial charge in [0.15, 0.2) is 0 Å². The first-order chi connectivity index (χ1) is 16.1. The zero-order valence-electron chi connectivity index (χ0n) is 19.5. The summed E-state index contributed by atoms with van der Waals surface area (Å²) < 4.78 is 6.10. The Balaban J connectivity index is 1.30. The van der Waals surface area contributed by atoms with Gasteiger partial charge in [0.2, 0.25) is 5.91 Å². The zero-order chi connectivity index (χ0) is 22.6. The van der Waals surface area contributed by atoms with E-state index in [1.807, 2.05) is 19.1 Å². The minimum absolute atomic E-state index is 0.0436. The quantitative estimate of drug-likeness (QED) is 0.555. The maximum absolute atomic E-state index is 13.3. The van der Waals surface area contributed by atoms with E-state index in [4.69, 9.17) is 4.74 Å². The summed E-state index contributed by atoms with van der Waals surface area (Å²) in [5.41, 5.74) is 2.28. The van der Waals surface area contributed by atoms with E-state index < -0.39 is 0 Å². The van der Waals surface area contributed by atoms with Gasteiger partial charge in [0.1, 0.15) is 5.75 Å². The van der Waals surface area contributed by atoms with Gasteiger partial charge in [-0.05, 0) is 60.7 Å². The van der Waals surface area contributed by atoms with Crippen molar-refractivity contribution >= 4 is 16.7 Å². The highest BCUT2D eigenvalue weighted by atomic mass is 16.5. The van der Waals surface area contributed by atoms with Crippen LogP contribution in [0.1, 0.15) is 30.5 Å². The third-order valence-corrected chi connectivity index (χ3v) is 6.97. The summed E-state index contributed by atoms with van der Waals surface area (Å²) in [5.74, 6) is 1.49. The van der Waals surface area contributed by atoms with E-state index in [1.54, 1.807) is 6.20 Å². The number of rotatable bonds is 6. The Morgan fingerprint density at radius 3 is 2.64 bits per heavy atom. The Kier molecular flexibility index (Phi) is 6.58. The third-order valence-electron chi connectivity index (χ3n) is 6.97. The van der Waals surface area contributed by atoms with E-state index in [0.717, 1.165) is 63.4 Å². The molecule has 5 rings (SSSR count). The molecule has 2 atom stereocenters. The van der Waals surface area contributed by atoms with Crippen LogP contribution in [0.25, 0.3) is 10.8 Å². The number of hydrogen-bond acceptors (Lipinski definition) is 4. The Bertz CT molecular complexity index is 1090. The lowest BCUT2D eigenvalue weighted by atomic mass is 9.88. The SMILES string of the molecule is Cc1ccc(OC[C@H]2C[C@@H](C(=O)N3CCCC3)CN(Cc3ccc4ccccc4c3)C2)cn1. The van der Waals surface area contributed by atoms with Crippen LogP contribution in [0.2, 0.25) is 0 Å². The molecule has 2 aliphatic heterocycles. The standard InChI is InChI=1S/C28H33N3O2/c1-21-8-11-27(16-29-21)33-20-23-15-26(28(32)31-12-4-5-13-31)19-30(18-23)17-22-9-10-24-6-2-3-7-25(24)14-22/h2-3,6-11,14,16,23,26H,4-5,12-13,15,17-20H2,1H3/t23-,26+/m0/s1. The third kappa shape index (κ3) is 5.36. The minimum Gasteiger partial charge on any atom is -0.492 e. The maximum Gasteiger partial charge on any atom is 0.226 e. The molecule has 2 fully saturated rings. The second-order valence-corrected chi connectivity index (χ2v) is 9.65. The molecule has 0 N–H and O–H groups in total. The predicted octanol–water partition coefficient (Wildman–Crippen LogP) is 4.68. The molecule has 3 heterocycles. The van der Waals surface area contributed by atoms with Crippen molar-refractivity contribution in [3.05, 3.63) is 72.1 Å². The molecule has 3 aromatic rings. The van der Waals surface area contributed by atoms with Gasteiger partial charge in [-0.2, -0.15) is 0 Å². The number of aromatic nitrogens is 1. The van der Waals surface area contributed by atoms with E-state index in [9.17, 15) is 4.79 Å². The number of fused-ring (bicyclic) bond motifs is 1. The molecule has 0 unspecified atom stereocenters. The van der Waals surface area contributed by atoms with Crippen LogP contribution >= 0.6 is 0 Å². The predicted molar refractivity (Wildman–Crippen MR) is 131 cm³/mol. The van der Waals surface area contributed by atoms with Crippen LogP contribution in [0, 0.1) is 18.8 Å². The molecule has 2 saturated heterocycles. The number of likely N-dealkylation sites (tertiary alicyclic amines) is 2. The van der Waals surface area contributed by atoms with Crippen molar-refractivity contribution in [2.45, 2.75) is 32.7 Å². The summed E-state index contributed by atoms with van der Waals surface area (Å²) in [6.45, 7) is 7.04. The topological polar surface area (TPSA) is 45.7 Å². The molecule has 5 nitrogen and oxygen atoms in total. The van der Waals surface area contributed by atoms with Crippen LogP contribution in [-0.2, 0) is 11.3 Å². The lowest BCUT2D eigenvalue weighted by Gasteiger charge is -2.38. The van der Waals surface area contributed by atoms with E-state index in [2.05, 4.69) is 57.2 Å². The average molecular weight is 444 g/mol. The molecule has 1 amide bonds. The maximum atomic E-state index is 13.3. The normalized spacial score (nSPS) is 21.4. The zero-order valence-corrected chi connectivity index (χ0v) is 19.5. The van der Waals surface area contributed by atoms with Gasteiger partial charge in [0.25, 0.3) is 0 Å². The molecule has 2 aliphatic rings. The van der Waals surface area contributed by atoms with Crippen LogP contribution in [0.15, 0.2) is 60.8 Å². The number of carbonyl (C=O) groups excluding carboxylic acids is 1. The molecular formula is C28H33N3O2. The number of benzene rings is 2. The summed E-state index contributed by atoms with van der Waals surface area (Å²) in [4.78, 5) is 22.1. The number of aryl methyl sites for hydroxylation is 1. The van der Waals surface area contributed by atoms with Gasteiger partial charge in [-0.25, -0.2) is 0 Å². The van der Waals surface area contributed by atoms with Crippen LogP contribution in [-0.4, -0.2) is 53.5 Å². The molecular weight excluding hydrogens is 410 g/mol. The first kappa shape index (κ1) is 21.9. The van der Waals surface area contributed by atoms with Crippen LogP contribution in [0.3, 0.4) is 0 Å². The molecule has 33 heavy (non-hydrogen) atoms. The summed E-state index contributed by atoms with van der Waals surface area (Å²) in [5, 5.41) is 2.53. The van der Waals surface area contributed by atoms with Gasteiger partial charge in [0, 0.05) is 44.3 Å². The monoisotopic (exact) mass is 443 g/mol. The molecule has 1 aromatic heterocycles. The number of ether oxygens (including phenoxy) is 1. The molecule has 0 saturated carbocycles. The summed E-state index contributed by atoms with van der Waals surface area (Å²) in [6.07, 6.45) is 4.94. The number of piperidine rings is 1. The molecule has 0 bridgehead atoms. The lowest BCUT2D eigenvalue weighted by Crippen LogP contribution is -2.48. The van der Waals surface area contributed by atoms with E-state index in [1.165, 1.54) is 16.3 Å². The fourth-order valence-corrected chi connectivity index (χ4v) is 5.28. The fraction of sp³-hybridized carbons (Fsp3) is 0.429. The van der Waals surface area contributed by atoms with Gasteiger partial charge in [-0.1, -0.05) is 36.4 Å². The fourth-order valence-electron chi connectivity index (χ4n) is 5.28. The number of nitrogens with zero attached hydrogens (tertiary/aromatic N) is 3. The minimum atomic E-state index is 0.0436. The molecule has 0 radical (unpaired) electrons. The largest absolute Gasteiger partial charge is 0.492 e. The summed E-state index contributed by atoms with van der Waals surface area (Å²) >= 11 is 0. The van der Waals surface area contributed by atoms with E-state index in [-0.39, 0.29) is 5.92 Å². The second kappa shape index (κ2) is 9.92. The molecule has 172 valence electrons. The molecule has 5 heteroatoms. The van der Waals surface area contributed by atoms with Gasteiger partial charge < -0.3 is 9.64 Å². The molecule has 0 aliphatic carbocycles. The number of amides is 1. The van der Waals surface area contributed by atoms with E-state index in [0.29, 0.717) is 18.4 Å². The highest BCUT2D eigenvalue weighted by molar-refractivity contribution is 5.83. The lowest BCUT2D eigenvalue weighted by molar-refractivity contribution is -0.137. The smallest absolute Gasteiger partial charge is 0.226 e. The first-order valence-electron chi connectivity index (χ1n) is 12.2. The Hall–Kier alpha value is -2.92. The highest BCUT2D eigenvalue weighted by Crippen LogP contribution is 2.28. The Morgan fingerprint density at radius 1 is 1.03 bits per heavy atom. The van der Waals surface area contributed by atoms with Crippen molar-refractivity contribution in [3.8, 4) is 5.75 Å². The van der Waals surface area contributed by atoms with Gasteiger partial charge in [-0.3, -0.25) is 14.7 Å². The van der Waals surface area contributed by atoms with Crippen LogP contribution < -0.4 is 4.74 Å². The average Bonchev–Trinajstić information content (AvgIpc) is 3.38. The van der Waals surface area contributed by atoms with Crippen molar-refractivity contribution < 1.29 is 9.53 Å². The number of hydrogen-bond donors (Lipinski definition) is 0. The van der Waals surface area contributed by atoms with Crippen molar-refractivity contribution in [3.63, 3.8) is 0 Å². The highest BCUT2D eigenvalue weighted by Gasteiger charge is 2.35. The van der Waals surface area contributed by atoms with Crippen molar-refractivity contribution in [2.75, 3.05) is 32.8 Å². The second-order valence-electron chi connectivity index (χ2n) is 9.65.